The van der Waals surface area contributed by atoms with E-state index in [9.17, 15) is 24.6 Å². The van der Waals surface area contributed by atoms with E-state index >= 15 is 0 Å². The van der Waals surface area contributed by atoms with Gasteiger partial charge in [-0.15, -0.1) is 0 Å². The minimum atomic E-state index is -1.20. The quantitative estimate of drug-likeness (QED) is 0.111. The van der Waals surface area contributed by atoms with Crippen LogP contribution in [0.4, 0.5) is 0 Å². The Morgan fingerprint density at radius 3 is 1.77 bits per heavy atom. The van der Waals surface area contributed by atoms with E-state index in [0.717, 1.165) is 22.3 Å². The van der Waals surface area contributed by atoms with E-state index in [-0.39, 0.29) is 23.3 Å². The molecule has 4 aromatic rings. The third-order valence-corrected chi connectivity index (χ3v) is 5.95. The fraction of sp³-hybridized carbons (Fsp3) is 0.129. The predicted molar refractivity (Wildman–Crippen MR) is 142 cm³/mol. The first kappa shape index (κ1) is 27.1. The van der Waals surface area contributed by atoms with Crippen LogP contribution in [0.2, 0.25) is 0 Å². The maximum absolute atomic E-state index is 12.6. The number of carbonyl (C=O) groups excluding carboxylic acids is 1. The average molecular weight is 527 g/mol. The fourth-order valence-electron chi connectivity index (χ4n) is 3.96. The van der Waals surface area contributed by atoms with Gasteiger partial charge in [-0.25, -0.2) is 14.4 Å². The molecule has 0 saturated heterocycles. The smallest absolute Gasteiger partial charge is 0.344 e. The summed E-state index contributed by atoms with van der Waals surface area (Å²) in [6, 6.07) is 23.8. The van der Waals surface area contributed by atoms with Crippen molar-refractivity contribution < 1.29 is 39.1 Å². The molecule has 0 radical (unpaired) electrons. The highest BCUT2D eigenvalue weighted by atomic mass is 17.2. The van der Waals surface area contributed by atoms with Crippen molar-refractivity contribution in [2.24, 2.45) is 0 Å². The largest absolute Gasteiger partial charge is 0.478 e. The number of ether oxygens (including phenoxy) is 1. The maximum Gasteiger partial charge on any atom is 0.344 e. The zero-order valence-corrected chi connectivity index (χ0v) is 21.3. The molecule has 0 aliphatic heterocycles. The molecule has 0 bridgehead atoms. The molecule has 0 atom stereocenters. The first-order valence-corrected chi connectivity index (χ1v) is 12.1. The Hall–Kier alpha value is -4.95. The Kier molecular flexibility index (Phi) is 8.38. The van der Waals surface area contributed by atoms with E-state index in [4.69, 9.17) is 14.5 Å². The predicted octanol–water partition coefficient (Wildman–Crippen LogP) is 6.02. The standard InChI is InChI=1S/C31H26O8/c1-19-3-13-26(29(32)33)23(15-19)18-37-39-25-11-7-22(8-12-25)17-21-5-9-24(10-6-21)38-31(36)28-16-20(2)4-14-27(28)30(34)35/h3-16H,17-18H2,1-2H3,(H,32,33)(H,34,35). The normalized spacial score (nSPS) is 10.6. The Bertz CT molecular complexity index is 1510. The molecule has 8 heteroatoms. The third-order valence-electron chi connectivity index (χ3n) is 5.95. The molecule has 0 aromatic heterocycles. The van der Waals surface area contributed by atoms with E-state index in [2.05, 4.69) is 0 Å². The summed E-state index contributed by atoms with van der Waals surface area (Å²) in [6.45, 7) is 3.63. The van der Waals surface area contributed by atoms with Crippen molar-refractivity contribution >= 4 is 17.9 Å². The van der Waals surface area contributed by atoms with Crippen LogP contribution < -0.4 is 9.62 Å². The SMILES string of the molecule is Cc1ccc(C(=O)O)c(COOc2ccc(Cc3ccc(OC(=O)c4cc(C)ccc4C(=O)O)cc3)cc2)c1. The molecule has 0 fully saturated rings. The number of hydrogen-bond donors (Lipinski definition) is 2. The lowest BCUT2D eigenvalue weighted by molar-refractivity contribution is -0.217. The number of hydrogen-bond acceptors (Lipinski definition) is 6. The summed E-state index contributed by atoms with van der Waals surface area (Å²) in [5, 5.41) is 18.7. The highest BCUT2D eigenvalue weighted by Crippen LogP contribution is 2.21. The van der Waals surface area contributed by atoms with Crippen molar-refractivity contribution in [2.75, 3.05) is 0 Å². The molecule has 4 rings (SSSR count). The van der Waals surface area contributed by atoms with Crippen molar-refractivity contribution in [1.82, 2.24) is 0 Å². The molecule has 0 spiro atoms. The summed E-state index contributed by atoms with van der Waals surface area (Å²) in [6.07, 6.45) is 0.613. The summed E-state index contributed by atoms with van der Waals surface area (Å²) >= 11 is 0. The van der Waals surface area contributed by atoms with Gasteiger partial charge < -0.3 is 19.8 Å². The molecule has 0 heterocycles. The molecule has 2 N–H and O–H groups in total. The Morgan fingerprint density at radius 2 is 1.18 bits per heavy atom. The van der Waals surface area contributed by atoms with Crippen molar-refractivity contribution in [2.45, 2.75) is 26.9 Å². The van der Waals surface area contributed by atoms with Gasteiger partial charge in [0.15, 0.2) is 5.75 Å². The van der Waals surface area contributed by atoms with E-state index in [1.54, 1.807) is 55.5 Å². The van der Waals surface area contributed by atoms with E-state index in [1.807, 2.05) is 31.2 Å². The van der Waals surface area contributed by atoms with Crippen LogP contribution in [0.25, 0.3) is 0 Å². The van der Waals surface area contributed by atoms with Gasteiger partial charge in [0.25, 0.3) is 0 Å². The number of rotatable bonds is 10. The fourth-order valence-corrected chi connectivity index (χ4v) is 3.96. The zero-order valence-electron chi connectivity index (χ0n) is 21.3. The summed E-state index contributed by atoms with van der Waals surface area (Å²) in [5.41, 5.74) is 4.23. The van der Waals surface area contributed by atoms with Crippen LogP contribution in [0.1, 0.15) is 58.9 Å². The van der Waals surface area contributed by atoms with Crippen molar-refractivity contribution in [3.63, 3.8) is 0 Å². The van der Waals surface area contributed by atoms with E-state index in [0.29, 0.717) is 23.5 Å². The van der Waals surface area contributed by atoms with Crippen molar-refractivity contribution in [1.29, 1.82) is 0 Å². The first-order valence-electron chi connectivity index (χ1n) is 12.1. The number of carbonyl (C=O) groups is 3. The third kappa shape index (κ3) is 7.09. The van der Waals surface area contributed by atoms with Gasteiger partial charge >= 0.3 is 17.9 Å². The molecule has 0 amide bonds. The van der Waals surface area contributed by atoms with Crippen LogP contribution in [-0.2, 0) is 17.9 Å². The van der Waals surface area contributed by atoms with Crippen LogP contribution in [-0.4, -0.2) is 28.1 Å². The van der Waals surface area contributed by atoms with Crippen LogP contribution in [0.15, 0.2) is 84.9 Å². The summed E-state index contributed by atoms with van der Waals surface area (Å²) in [5.74, 6) is -2.17. The number of esters is 1. The molecule has 4 aromatic carbocycles. The van der Waals surface area contributed by atoms with E-state index in [1.165, 1.54) is 12.1 Å². The van der Waals surface area contributed by atoms with Gasteiger partial charge in [-0.3, -0.25) is 0 Å². The van der Waals surface area contributed by atoms with Gasteiger partial charge in [0.2, 0.25) is 0 Å². The minimum absolute atomic E-state index is 0.000858. The molecular formula is C31H26O8. The maximum atomic E-state index is 12.6. The van der Waals surface area contributed by atoms with Crippen molar-refractivity contribution in [3.05, 3.63) is 129 Å². The number of carboxylic acid groups (broad SMARTS) is 2. The van der Waals surface area contributed by atoms with Gasteiger partial charge in [-0.2, -0.15) is 4.89 Å². The first-order chi connectivity index (χ1) is 18.7. The Balaban J connectivity index is 1.32. The number of benzene rings is 4. The van der Waals surface area contributed by atoms with Crippen LogP contribution in [0, 0.1) is 13.8 Å². The van der Waals surface area contributed by atoms with Gasteiger partial charge in [0, 0.05) is 0 Å². The van der Waals surface area contributed by atoms with Crippen LogP contribution in [0.5, 0.6) is 11.5 Å². The van der Waals surface area contributed by atoms with Gasteiger partial charge in [0.1, 0.15) is 12.4 Å². The monoisotopic (exact) mass is 526 g/mol. The number of carboxylic acids is 2. The lowest BCUT2D eigenvalue weighted by atomic mass is 10.0. The van der Waals surface area contributed by atoms with Crippen LogP contribution in [0.3, 0.4) is 0 Å². The highest BCUT2D eigenvalue weighted by Gasteiger charge is 2.18. The molecule has 0 saturated carbocycles. The summed E-state index contributed by atoms with van der Waals surface area (Å²) < 4.78 is 5.40. The molecule has 0 unspecified atom stereocenters. The highest BCUT2D eigenvalue weighted by molar-refractivity contribution is 6.03. The lowest BCUT2D eigenvalue weighted by Gasteiger charge is -2.10. The molecule has 8 nitrogen and oxygen atoms in total. The van der Waals surface area contributed by atoms with Crippen LogP contribution >= 0.6 is 0 Å². The van der Waals surface area contributed by atoms with Gasteiger partial charge in [-0.05, 0) is 79.4 Å². The number of aryl methyl sites for hydroxylation is 2. The average Bonchev–Trinajstić information content (AvgIpc) is 2.90. The van der Waals surface area contributed by atoms with E-state index < -0.39 is 17.9 Å². The Labute approximate surface area is 225 Å². The molecule has 0 aliphatic rings. The molecule has 39 heavy (non-hydrogen) atoms. The molecule has 0 aliphatic carbocycles. The molecule has 198 valence electrons. The summed E-state index contributed by atoms with van der Waals surface area (Å²) in [7, 11) is 0. The minimum Gasteiger partial charge on any atom is -0.478 e. The second-order valence-electron chi connectivity index (χ2n) is 9.02. The number of aromatic carboxylic acids is 2. The molecular weight excluding hydrogens is 500 g/mol. The topological polar surface area (TPSA) is 119 Å². The lowest BCUT2D eigenvalue weighted by Crippen LogP contribution is -2.14. The zero-order chi connectivity index (χ0) is 27.9. The second kappa shape index (κ2) is 12.1. The van der Waals surface area contributed by atoms with Crippen molar-refractivity contribution in [3.8, 4) is 11.5 Å². The summed E-state index contributed by atoms with van der Waals surface area (Å²) in [4.78, 5) is 46.0. The second-order valence-corrected chi connectivity index (χ2v) is 9.02. The van der Waals surface area contributed by atoms with Gasteiger partial charge in [0.05, 0.1) is 16.7 Å². The Morgan fingerprint density at radius 1 is 0.641 bits per heavy atom. The van der Waals surface area contributed by atoms with Gasteiger partial charge in [-0.1, -0.05) is 53.6 Å².